The Hall–Kier alpha value is -1.07. The first-order chi connectivity index (χ1) is 9.42. The predicted octanol–water partition coefficient (Wildman–Crippen LogP) is 2.16. The highest BCUT2D eigenvalue weighted by molar-refractivity contribution is 7.92. The smallest absolute Gasteiger partial charge is 0.236 e. The fraction of sp³-hybridized carbons (Fsp3) is 0.600. The SMILES string of the molecule is CC(C)NCCS(=O)(=O)N1c2ccccc2CCC1C. The molecule has 0 bridgehead atoms. The number of aryl methyl sites for hydroxylation is 1. The molecule has 1 unspecified atom stereocenters. The molecule has 0 amide bonds. The topological polar surface area (TPSA) is 49.4 Å². The van der Waals surface area contributed by atoms with E-state index in [4.69, 9.17) is 0 Å². The lowest BCUT2D eigenvalue weighted by Crippen LogP contribution is -2.45. The molecule has 1 aromatic rings. The van der Waals surface area contributed by atoms with Gasteiger partial charge in [0.1, 0.15) is 0 Å². The van der Waals surface area contributed by atoms with Gasteiger partial charge in [-0.05, 0) is 31.4 Å². The van der Waals surface area contributed by atoms with Crippen LogP contribution in [0.2, 0.25) is 0 Å². The Morgan fingerprint density at radius 2 is 2.05 bits per heavy atom. The van der Waals surface area contributed by atoms with Crippen LogP contribution in [0.1, 0.15) is 32.8 Å². The number of nitrogens with zero attached hydrogens (tertiary/aromatic N) is 1. The predicted molar refractivity (Wildman–Crippen MR) is 83.6 cm³/mol. The Morgan fingerprint density at radius 1 is 1.35 bits per heavy atom. The maximum absolute atomic E-state index is 12.6. The molecule has 0 saturated heterocycles. The fourth-order valence-corrected chi connectivity index (χ4v) is 4.36. The standard InChI is InChI=1S/C15H24N2O2S/c1-12(2)16-10-11-20(18,19)17-13(3)8-9-14-6-4-5-7-15(14)17/h4-7,12-13,16H,8-11H2,1-3H3. The second-order valence-corrected chi connectivity index (χ2v) is 7.70. The second kappa shape index (κ2) is 6.14. The van der Waals surface area contributed by atoms with Crippen LogP contribution < -0.4 is 9.62 Å². The maximum atomic E-state index is 12.6. The Bertz CT molecular complexity index is 555. The minimum absolute atomic E-state index is 0.0361. The van der Waals surface area contributed by atoms with E-state index in [-0.39, 0.29) is 11.8 Å². The van der Waals surface area contributed by atoms with Crippen LogP contribution in [0, 0.1) is 0 Å². The van der Waals surface area contributed by atoms with Gasteiger partial charge in [0.2, 0.25) is 10.0 Å². The number of hydrogen-bond acceptors (Lipinski definition) is 3. The summed E-state index contributed by atoms with van der Waals surface area (Å²) in [6.45, 7) is 6.52. The van der Waals surface area contributed by atoms with Crippen molar-refractivity contribution >= 4 is 15.7 Å². The third-order valence-corrected chi connectivity index (χ3v) is 5.55. The lowest BCUT2D eigenvalue weighted by Gasteiger charge is -2.36. The van der Waals surface area contributed by atoms with Crippen LogP contribution in [0.15, 0.2) is 24.3 Å². The van der Waals surface area contributed by atoms with E-state index in [1.165, 1.54) is 0 Å². The summed E-state index contributed by atoms with van der Waals surface area (Å²) in [4.78, 5) is 0. The van der Waals surface area contributed by atoms with Crippen molar-refractivity contribution in [2.75, 3.05) is 16.6 Å². The van der Waals surface area contributed by atoms with Crippen LogP contribution in [0.25, 0.3) is 0 Å². The Balaban J connectivity index is 2.22. The molecule has 0 saturated carbocycles. The highest BCUT2D eigenvalue weighted by Gasteiger charge is 2.31. The number of nitrogens with one attached hydrogen (secondary N) is 1. The van der Waals surface area contributed by atoms with E-state index in [0.29, 0.717) is 12.6 Å². The molecule has 5 heteroatoms. The van der Waals surface area contributed by atoms with Crippen LogP contribution in [-0.4, -0.2) is 32.8 Å². The van der Waals surface area contributed by atoms with E-state index in [1.807, 2.05) is 45.0 Å². The second-order valence-electron chi connectivity index (χ2n) is 5.74. The molecule has 112 valence electrons. The van der Waals surface area contributed by atoms with Gasteiger partial charge in [0.05, 0.1) is 11.4 Å². The molecule has 1 N–H and O–H groups in total. The third-order valence-electron chi connectivity index (χ3n) is 3.67. The summed E-state index contributed by atoms with van der Waals surface area (Å²) in [5.74, 6) is 0.143. The van der Waals surface area contributed by atoms with Crippen LogP contribution in [0.4, 0.5) is 5.69 Å². The molecule has 4 nitrogen and oxygen atoms in total. The largest absolute Gasteiger partial charge is 0.313 e. The summed E-state index contributed by atoms with van der Waals surface area (Å²) in [5.41, 5.74) is 1.99. The van der Waals surface area contributed by atoms with Crippen molar-refractivity contribution in [1.29, 1.82) is 0 Å². The Labute approximate surface area is 122 Å². The number of fused-ring (bicyclic) bond motifs is 1. The minimum Gasteiger partial charge on any atom is -0.313 e. The van der Waals surface area contributed by atoms with Crippen LogP contribution in [0.5, 0.6) is 0 Å². The van der Waals surface area contributed by atoms with Gasteiger partial charge >= 0.3 is 0 Å². The van der Waals surface area contributed by atoms with Gasteiger partial charge in [-0.15, -0.1) is 0 Å². The monoisotopic (exact) mass is 296 g/mol. The van der Waals surface area contributed by atoms with Gasteiger partial charge in [-0.3, -0.25) is 4.31 Å². The number of sulfonamides is 1. The van der Waals surface area contributed by atoms with Gasteiger partial charge in [-0.1, -0.05) is 32.0 Å². The van der Waals surface area contributed by atoms with Crippen LogP contribution in [-0.2, 0) is 16.4 Å². The molecule has 0 spiro atoms. The Morgan fingerprint density at radius 3 is 2.75 bits per heavy atom. The van der Waals surface area contributed by atoms with Crippen molar-refractivity contribution < 1.29 is 8.42 Å². The van der Waals surface area contributed by atoms with E-state index in [2.05, 4.69) is 5.32 Å². The summed E-state index contributed by atoms with van der Waals surface area (Å²) < 4.78 is 26.9. The summed E-state index contributed by atoms with van der Waals surface area (Å²) in [5, 5.41) is 3.17. The summed E-state index contributed by atoms with van der Waals surface area (Å²) in [6.07, 6.45) is 1.83. The van der Waals surface area contributed by atoms with Crippen LogP contribution >= 0.6 is 0 Å². The number of hydrogen-bond donors (Lipinski definition) is 1. The van der Waals surface area contributed by atoms with Gasteiger partial charge in [0.25, 0.3) is 0 Å². The van der Waals surface area contributed by atoms with E-state index in [0.717, 1.165) is 24.1 Å². The zero-order chi connectivity index (χ0) is 14.8. The quantitative estimate of drug-likeness (QED) is 0.906. The molecule has 1 heterocycles. The molecule has 0 aliphatic carbocycles. The van der Waals surface area contributed by atoms with Crippen LogP contribution in [0.3, 0.4) is 0 Å². The summed E-state index contributed by atoms with van der Waals surface area (Å²) in [6, 6.07) is 8.16. The average Bonchev–Trinajstić information content (AvgIpc) is 2.37. The molecule has 20 heavy (non-hydrogen) atoms. The molecule has 2 rings (SSSR count). The maximum Gasteiger partial charge on any atom is 0.236 e. The number of rotatable bonds is 5. The summed E-state index contributed by atoms with van der Waals surface area (Å²) >= 11 is 0. The highest BCUT2D eigenvalue weighted by atomic mass is 32.2. The molecule has 0 aromatic heterocycles. The van der Waals surface area contributed by atoms with E-state index >= 15 is 0 Å². The highest BCUT2D eigenvalue weighted by Crippen LogP contribution is 2.32. The van der Waals surface area contributed by atoms with E-state index < -0.39 is 10.0 Å². The molecule has 1 atom stereocenters. The van der Waals surface area contributed by atoms with Crippen molar-refractivity contribution in [3.05, 3.63) is 29.8 Å². The van der Waals surface area contributed by atoms with Crippen molar-refractivity contribution in [2.45, 2.75) is 45.7 Å². The molecule has 1 aliphatic rings. The van der Waals surface area contributed by atoms with Crippen molar-refractivity contribution in [1.82, 2.24) is 5.32 Å². The van der Waals surface area contributed by atoms with Gasteiger partial charge in [-0.2, -0.15) is 0 Å². The zero-order valence-corrected chi connectivity index (χ0v) is 13.3. The van der Waals surface area contributed by atoms with Gasteiger partial charge in [0, 0.05) is 18.6 Å². The average molecular weight is 296 g/mol. The molecule has 1 aliphatic heterocycles. The first kappa shape index (κ1) is 15.3. The van der Waals surface area contributed by atoms with Crippen molar-refractivity contribution in [3.8, 4) is 0 Å². The molecule has 0 fully saturated rings. The van der Waals surface area contributed by atoms with Gasteiger partial charge < -0.3 is 5.32 Å². The van der Waals surface area contributed by atoms with Gasteiger partial charge in [-0.25, -0.2) is 8.42 Å². The first-order valence-corrected chi connectivity index (χ1v) is 8.86. The fourth-order valence-electron chi connectivity index (χ4n) is 2.66. The van der Waals surface area contributed by atoms with E-state index in [1.54, 1.807) is 4.31 Å². The van der Waals surface area contributed by atoms with Crippen molar-refractivity contribution in [2.24, 2.45) is 0 Å². The number of para-hydroxylation sites is 1. The molecular formula is C15H24N2O2S. The number of anilines is 1. The molecular weight excluding hydrogens is 272 g/mol. The third kappa shape index (κ3) is 3.33. The lowest BCUT2D eigenvalue weighted by molar-refractivity contribution is 0.553. The lowest BCUT2D eigenvalue weighted by atomic mass is 9.99. The summed E-state index contributed by atoms with van der Waals surface area (Å²) in [7, 11) is -3.27. The first-order valence-electron chi connectivity index (χ1n) is 7.25. The number of benzene rings is 1. The van der Waals surface area contributed by atoms with Crippen molar-refractivity contribution in [3.63, 3.8) is 0 Å². The van der Waals surface area contributed by atoms with Gasteiger partial charge in [0.15, 0.2) is 0 Å². The zero-order valence-electron chi connectivity index (χ0n) is 12.5. The molecule has 1 aromatic carbocycles. The minimum atomic E-state index is -3.27. The molecule has 0 radical (unpaired) electrons. The van der Waals surface area contributed by atoms with E-state index in [9.17, 15) is 8.42 Å². The Kier molecular flexibility index (Phi) is 4.70. The normalized spacial score (nSPS) is 19.2.